The molecule has 0 aliphatic carbocycles. The Morgan fingerprint density at radius 3 is 2.86 bits per heavy atom. The zero-order chi connectivity index (χ0) is 15.8. The lowest BCUT2D eigenvalue weighted by atomic mass is 10.1. The van der Waals surface area contributed by atoms with Crippen LogP contribution in [0.5, 0.6) is 0 Å². The summed E-state index contributed by atoms with van der Waals surface area (Å²) in [7, 11) is 1.79. The molecule has 0 radical (unpaired) electrons. The van der Waals surface area contributed by atoms with E-state index in [-0.39, 0.29) is 0 Å². The molecule has 0 spiro atoms. The maximum Gasteiger partial charge on any atom is 0.191 e. The van der Waals surface area contributed by atoms with Crippen LogP contribution in [0.15, 0.2) is 40.8 Å². The van der Waals surface area contributed by atoms with E-state index in [4.69, 9.17) is 11.6 Å². The molecule has 6 heteroatoms. The molecule has 118 valence electrons. The first kappa shape index (κ1) is 16.8. The Morgan fingerprint density at radius 1 is 1.36 bits per heavy atom. The van der Waals surface area contributed by atoms with Gasteiger partial charge in [-0.2, -0.15) is 0 Å². The van der Waals surface area contributed by atoms with Gasteiger partial charge in [0.2, 0.25) is 0 Å². The van der Waals surface area contributed by atoms with Crippen molar-refractivity contribution in [3.8, 4) is 0 Å². The minimum atomic E-state index is 0.471. The third kappa shape index (κ3) is 5.31. The number of halogens is 1. The van der Waals surface area contributed by atoms with Crippen LogP contribution < -0.4 is 10.6 Å². The molecule has 0 fully saturated rings. The maximum atomic E-state index is 5.78. The lowest BCUT2D eigenvalue weighted by molar-refractivity contribution is 0.707. The first-order chi connectivity index (χ1) is 10.7. The Kier molecular flexibility index (Phi) is 6.68. The van der Waals surface area contributed by atoms with Gasteiger partial charge in [-0.25, -0.2) is 4.98 Å². The zero-order valence-corrected chi connectivity index (χ0v) is 14.4. The molecule has 0 bridgehead atoms. The zero-order valence-electron chi connectivity index (χ0n) is 12.8. The van der Waals surface area contributed by atoms with E-state index in [2.05, 4.69) is 45.0 Å². The fourth-order valence-corrected chi connectivity index (χ4v) is 2.92. The van der Waals surface area contributed by atoms with Crippen LogP contribution >= 0.6 is 22.9 Å². The standard InChI is InChI=1S/C16H21ClN4S/c1-12(14-4-3-9-22-14)10-21-16(18-2)19-8-7-13-5-6-15(17)20-11-13/h3-6,9,11-12H,7-8,10H2,1-2H3,(H2,18,19,21). The molecule has 22 heavy (non-hydrogen) atoms. The van der Waals surface area contributed by atoms with Crippen LogP contribution in [0.25, 0.3) is 0 Å². The Labute approximate surface area is 140 Å². The molecule has 0 aliphatic heterocycles. The SMILES string of the molecule is CN=C(NCCc1ccc(Cl)nc1)NCC(C)c1cccs1. The van der Waals surface area contributed by atoms with Gasteiger partial charge in [0.25, 0.3) is 0 Å². The first-order valence-corrected chi connectivity index (χ1v) is 8.53. The third-order valence-corrected chi connectivity index (χ3v) is 4.65. The van der Waals surface area contributed by atoms with Gasteiger partial charge >= 0.3 is 0 Å². The number of pyridine rings is 1. The molecular weight excluding hydrogens is 316 g/mol. The van der Waals surface area contributed by atoms with Gasteiger partial charge in [-0.15, -0.1) is 11.3 Å². The summed E-state index contributed by atoms with van der Waals surface area (Å²) in [4.78, 5) is 9.71. The molecule has 2 heterocycles. The number of aromatic nitrogens is 1. The molecule has 2 aromatic heterocycles. The van der Waals surface area contributed by atoms with Gasteiger partial charge in [0.1, 0.15) is 5.15 Å². The minimum Gasteiger partial charge on any atom is -0.356 e. The minimum absolute atomic E-state index is 0.471. The van der Waals surface area contributed by atoms with Crippen molar-refractivity contribution in [2.45, 2.75) is 19.3 Å². The van der Waals surface area contributed by atoms with Gasteiger partial charge in [0.15, 0.2) is 5.96 Å². The van der Waals surface area contributed by atoms with Crippen LogP contribution in [0.4, 0.5) is 0 Å². The highest BCUT2D eigenvalue weighted by molar-refractivity contribution is 7.10. The van der Waals surface area contributed by atoms with E-state index in [1.165, 1.54) is 4.88 Å². The monoisotopic (exact) mass is 336 g/mol. The number of guanidine groups is 1. The average molecular weight is 337 g/mol. The summed E-state index contributed by atoms with van der Waals surface area (Å²) in [5.74, 6) is 1.30. The van der Waals surface area contributed by atoms with Crippen molar-refractivity contribution < 1.29 is 0 Å². The molecule has 0 aromatic carbocycles. The second kappa shape index (κ2) is 8.76. The molecule has 4 nitrogen and oxygen atoms in total. The predicted molar refractivity (Wildman–Crippen MR) is 95.0 cm³/mol. The molecule has 0 saturated carbocycles. The lowest BCUT2D eigenvalue weighted by Gasteiger charge is -2.15. The lowest BCUT2D eigenvalue weighted by Crippen LogP contribution is -2.39. The van der Waals surface area contributed by atoms with Crippen molar-refractivity contribution in [1.29, 1.82) is 0 Å². The second-order valence-corrected chi connectivity index (χ2v) is 6.40. The number of nitrogens with zero attached hydrogens (tertiary/aromatic N) is 2. The van der Waals surface area contributed by atoms with Gasteiger partial charge in [-0.1, -0.05) is 30.7 Å². The summed E-state index contributed by atoms with van der Waals surface area (Å²) < 4.78 is 0. The van der Waals surface area contributed by atoms with Crippen LogP contribution in [0.1, 0.15) is 23.3 Å². The van der Waals surface area contributed by atoms with E-state index in [1.54, 1.807) is 24.6 Å². The van der Waals surface area contributed by atoms with Crippen LogP contribution in [0.3, 0.4) is 0 Å². The topological polar surface area (TPSA) is 49.3 Å². The summed E-state index contributed by atoms with van der Waals surface area (Å²) in [6.07, 6.45) is 2.68. The van der Waals surface area contributed by atoms with Gasteiger partial charge < -0.3 is 10.6 Å². The van der Waals surface area contributed by atoms with Crippen LogP contribution in [-0.4, -0.2) is 31.1 Å². The normalized spacial score (nSPS) is 13.0. The van der Waals surface area contributed by atoms with Crippen molar-refractivity contribution in [3.63, 3.8) is 0 Å². The highest BCUT2D eigenvalue weighted by atomic mass is 35.5. The fraction of sp³-hybridized carbons (Fsp3) is 0.375. The molecule has 0 amide bonds. The van der Waals surface area contributed by atoms with Crippen LogP contribution in [0.2, 0.25) is 5.15 Å². The highest BCUT2D eigenvalue weighted by Gasteiger charge is 2.07. The van der Waals surface area contributed by atoms with Crippen molar-refractivity contribution in [3.05, 3.63) is 51.4 Å². The van der Waals surface area contributed by atoms with Gasteiger partial charge in [-0.3, -0.25) is 4.99 Å². The third-order valence-electron chi connectivity index (χ3n) is 3.32. The number of nitrogens with one attached hydrogen (secondary N) is 2. The summed E-state index contributed by atoms with van der Waals surface area (Å²) >= 11 is 7.57. The molecule has 0 saturated heterocycles. The fourth-order valence-electron chi connectivity index (χ4n) is 2.02. The van der Waals surface area contributed by atoms with Crippen molar-refractivity contribution in [2.75, 3.05) is 20.1 Å². The van der Waals surface area contributed by atoms with Crippen molar-refractivity contribution in [1.82, 2.24) is 15.6 Å². The smallest absolute Gasteiger partial charge is 0.191 e. The quantitative estimate of drug-likeness (QED) is 0.483. The number of hydrogen-bond acceptors (Lipinski definition) is 3. The number of thiophene rings is 1. The highest BCUT2D eigenvalue weighted by Crippen LogP contribution is 2.19. The second-order valence-electron chi connectivity index (χ2n) is 5.04. The van der Waals surface area contributed by atoms with Crippen LogP contribution in [-0.2, 0) is 6.42 Å². The largest absolute Gasteiger partial charge is 0.356 e. The predicted octanol–water partition coefficient (Wildman–Crippen LogP) is 3.31. The number of hydrogen-bond donors (Lipinski definition) is 2. The molecular formula is C16H21ClN4S. The van der Waals surface area contributed by atoms with E-state index in [9.17, 15) is 0 Å². The summed E-state index contributed by atoms with van der Waals surface area (Å²) in [6, 6.07) is 8.06. The van der Waals surface area contributed by atoms with Crippen molar-refractivity contribution in [2.24, 2.45) is 4.99 Å². The molecule has 0 aliphatic rings. The Bertz CT molecular complexity index is 581. The molecule has 1 unspecified atom stereocenters. The maximum absolute atomic E-state index is 5.78. The van der Waals surface area contributed by atoms with Gasteiger partial charge in [0.05, 0.1) is 0 Å². The average Bonchev–Trinajstić information content (AvgIpc) is 3.06. The van der Waals surface area contributed by atoms with E-state index in [0.29, 0.717) is 11.1 Å². The molecule has 2 rings (SSSR count). The summed E-state index contributed by atoms with van der Waals surface area (Å²) in [5, 5.41) is 9.31. The number of rotatable bonds is 6. The van der Waals surface area contributed by atoms with Crippen LogP contribution in [0, 0.1) is 0 Å². The van der Waals surface area contributed by atoms with E-state index >= 15 is 0 Å². The molecule has 2 N–H and O–H groups in total. The molecule has 1 atom stereocenters. The van der Waals surface area contributed by atoms with E-state index in [1.807, 2.05) is 12.1 Å². The summed E-state index contributed by atoms with van der Waals surface area (Å²) in [5.41, 5.74) is 1.15. The number of aliphatic imine (C=N–C) groups is 1. The van der Waals surface area contributed by atoms with Gasteiger partial charge in [-0.05, 0) is 29.5 Å². The van der Waals surface area contributed by atoms with E-state index < -0.39 is 0 Å². The van der Waals surface area contributed by atoms with Gasteiger partial charge in [0, 0.05) is 37.1 Å². The Balaban J connectivity index is 1.72. The Hall–Kier alpha value is -1.59. The first-order valence-electron chi connectivity index (χ1n) is 7.27. The Morgan fingerprint density at radius 2 is 2.23 bits per heavy atom. The summed E-state index contributed by atoms with van der Waals surface area (Å²) in [6.45, 7) is 3.88. The van der Waals surface area contributed by atoms with E-state index in [0.717, 1.165) is 31.0 Å². The molecule has 2 aromatic rings. The van der Waals surface area contributed by atoms with Crippen molar-refractivity contribution >= 4 is 28.9 Å².